The molecule has 0 spiro atoms. The maximum Gasteiger partial charge on any atom is 0.270 e. The van der Waals surface area contributed by atoms with Gasteiger partial charge >= 0.3 is 0 Å². The van der Waals surface area contributed by atoms with E-state index in [2.05, 4.69) is 10.3 Å². The van der Waals surface area contributed by atoms with Crippen molar-refractivity contribution in [3.8, 4) is 11.3 Å². The van der Waals surface area contributed by atoms with Crippen LogP contribution in [0.2, 0.25) is 0 Å². The molecule has 0 aliphatic carbocycles. The van der Waals surface area contributed by atoms with Crippen molar-refractivity contribution < 1.29 is 4.92 Å². The van der Waals surface area contributed by atoms with Gasteiger partial charge in [-0.15, -0.1) is 11.3 Å². The average Bonchev–Trinajstić information content (AvgIpc) is 2.98. The van der Waals surface area contributed by atoms with E-state index in [9.17, 15) is 10.1 Å². The summed E-state index contributed by atoms with van der Waals surface area (Å²) in [6.45, 7) is 1.04. The molecule has 2 aromatic rings. The fraction of sp³-hybridized carbons (Fsp3) is 0.357. The summed E-state index contributed by atoms with van der Waals surface area (Å²) in [7, 11) is 0. The van der Waals surface area contributed by atoms with Crippen LogP contribution in [-0.4, -0.2) is 16.5 Å². The Kier molecular flexibility index (Phi) is 3.75. The van der Waals surface area contributed by atoms with E-state index >= 15 is 0 Å². The highest BCUT2D eigenvalue weighted by Crippen LogP contribution is 2.30. The van der Waals surface area contributed by atoms with E-state index in [1.807, 2.05) is 11.4 Å². The van der Waals surface area contributed by atoms with Crippen molar-refractivity contribution in [2.75, 3.05) is 6.54 Å². The third-order valence-corrected chi connectivity index (χ3v) is 4.44. The number of hydrogen-bond acceptors (Lipinski definition) is 5. The molecular formula is C14H15N3O2S. The first-order chi connectivity index (χ1) is 9.74. The minimum absolute atomic E-state index is 0.104. The summed E-state index contributed by atoms with van der Waals surface area (Å²) in [4.78, 5) is 15.1. The van der Waals surface area contributed by atoms with Gasteiger partial charge in [-0.25, -0.2) is 4.98 Å². The van der Waals surface area contributed by atoms with Gasteiger partial charge in [0.1, 0.15) is 5.01 Å². The second-order valence-electron chi connectivity index (χ2n) is 4.88. The molecule has 2 heterocycles. The van der Waals surface area contributed by atoms with Crippen LogP contribution in [0.15, 0.2) is 29.6 Å². The molecule has 20 heavy (non-hydrogen) atoms. The lowest BCUT2D eigenvalue weighted by molar-refractivity contribution is -0.384. The van der Waals surface area contributed by atoms with Gasteiger partial charge in [0.2, 0.25) is 0 Å². The second kappa shape index (κ2) is 5.68. The van der Waals surface area contributed by atoms with Crippen molar-refractivity contribution >= 4 is 17.0 Å². The molecule has 0 radical (unpaired) electrons. The van der Waals surface area contributed by atoms with E-state index in [-0.39, 0.29) is 10.6 Å². The molecule has 0 saturated carbocycles. The number of hydrogen-bond donors (Lipinski definition) is 1. The highest BCUT2D eigenvalue weighted by molar-refractivity contribution is 7.10. The Labute approximate surface area is 120 Å². The predicted molar refractivity (Wildman–Crippen MR) is 78.8 cm³/mol. The van der Waals surface area contributed by atoms with Crippen LogP contribution in [0.3, 0.4) is 0 Å². The van der Waals surface area contributed by atoms with Gasteiger partial charge in [-0.05, 0) is 19.4 Å². The molecule has 1 N–H and O–H groups in total. The first-order valence-corrected chi connectivity index (χ1v) is 7.55. The predicted octanol–water partition coefficient (Wildman–Crippen LogP) is 3.53. The maximum atomic E-state index is 10.8. The molecule has 0 bridgehead atoms. The molecule has 104 valence electrons. The van der Waals surface area contributed by atoms with Gasteiger partial charge in [0.05, 0.1) is 16.7 Å². The second-order valence-corrected chi connectivity index (χ2v) is 5.77. The monoisotopic (exact) mass is 289 g/mol. The smallest absolute Gasteiger partial charge is 0.270 e. The number of nitro benzene ring substituents is 1. The summed E-state index contributed by atoms with van der Waals surface area (Å²) in [6, 6.07) is 6.97. The fourth-order valence-electron chi connectivity index (χ4n) is 2.42. The number of non-ortho nitro benzene ring substituents is 1. The first-order valence-electron chi connectivity index (χ1n) is 6.67. The average molecular weight is 289 g/mol. The summed E-state index contributed by atoms with van der Waals surface area (Å²) >= 11 is 1.62. The van der Waals surface area contributed by atoms with Crippen LogP contribution in [0.4, 0.5) is 5.69 Å². The summed E-state index contributed by atoms with van der Waals surface area (Å²) in [5.74, 6) is 0. The van der Waals surface area contributed by atoms with Crippen LogP contribution in [0.25, 0.3) is 11.3 Å². The lowest BCUT2D eigenvalue weighted by Gasteiger charge is -2.21. The van der Waals surface area contributed by atoms with Crippen LogP contribution in [0.5, 0.6) is 0 Å². The number of aromatic nitrogens is 1. The zero-order valence-electron chi connectivity index (χ0n) is 10.9. The zero-order valence-corrected chi connectivity index (χ0v) is 11.7. The van der Waals surface area contributed by atoms with Crippen LogP contribution in [-0.2, 0) is 0 Å². The Hall–Kier alpha value is -1.79. The Bertz CT molecular complexity index is 620. The van der Waals surface area contributed by atoms with E-state index in [0.29, 0.717) is 6.04 Å². The lowest BCUT2D eigenvalue weighted by Crippen LogP contribution is -2.26. The first kappa shape index (κ1) is 13.2. The molecule has 0 amide bonds. The molecule has 1 atom stereocenters. The Balaban J connectivity index is 1.85. The van der Waals surface area contributed by atoms with Gasteiger partial charge in [0.25, 0.3) is 5.69 Å². The largest absolute Gasteiger partial charge is 0.308 e. The van der Waals surface area contributed by atoms with Crippen LogP contribution < -0.4 is 5.32 Å². The minimum atomic E-state index is -0.376. The number of benzene rings is 1. The van der Waals surface area contributed by atoms with Crippen LogP contribution >= 0.6 is 11.3 Å². The fourth-order valence-corrected chi connectivity index (χ4v) is 3.36. The summed E-state index contributed by atoms with van der Waals surface area (Å²) in [6.07, 6.45) is 3.56. The van der Waals surface area contributed by atoms with Gasteiger partial charge in [-0.3, -0.25) is 10.1 Å². The molecule has 1 fully saturated rings. The van der Waals surface area contributed by atoms with Gasteiger partial charge in [-0.1, -0.05) is 18.6 Å². The number of rotatable bonds is 3. The van der Waals surface area contributed by atoms with Crippen molar-refractivity contribution in [2.24, 2.45) is 0 Å². The summed E-state index contributed by atoms with van der Waals surface area (Å²) in [5, 5.41) is 17.3. The van der Waals surface area contributed by atoms with Gasteiger partial charge < -0.3 is 5.32 Å². The molecular weight excluding hydrogens is 274 g/mol. The molecule has 1 aliphatic rings. The Morgan fingerprint density at radius 2 is 2.30 bits per heavy atom. The number of nitrogens with zero attached hydrogens (tertiary/aromatic N) is 2. The maximum absolute atomic E-state index is 10.8. The van der Waals surface area contributed by atoms with Crippen molar-refractivity contribution in [3.05, 3.63) is 44.8 Å². The van der Waals surface area contributed by atoms with E-state index in [0.717, 1.165) is 29.2 Å². The third kappa shape index (κ3) is 2.71. The Morgan fingerprint density at radius 3 is 3.05 bits per heavy atom. The SMILES string of the molecule is O=[N+]([O-])c1cccc(-c2csc(C3CCCCN3)n2)c1. The van der Waals surface area contributed by atoms with Gasteiger partial charge in [0.15, 0.2) is 0 Å². The lowest BCUT2D eigenvalue weighted by atomic mass is 10.1. The standard InChI is InChI=1S/C14H15N3O2S/c18-17(19)11-5-3-4-10(8-11)13-9-20-14(16-13)12-6-1-2-7-15-12/h3-5,8-9,12,15H,1-2,6-7H2. The van der Waals surface area contributed by atoms with Crippen molar-refractivity contribution in [3.63, 3.8) is 0 Å². The third-order valence-electron chi connectivity index (χ3n) is 3.48. The van der Waals surface area contributed by atoms with Gasteiger partial charge in [0, 0.05) is 23.1 Å². The zero-order chi connectivity index (χ0) is 13.9. The minimum Gasteiger partial charge on any atom is -0.308 e. The molecule has 3 rings (SSSR count). The van der Waals surface area contributed by atoms with E-state index in [4.69, 9.17) is 0 Å². The molecule has 1 unspecified atom stereocenters. The number of piperidine rings is 1. The van der Waals surface area contributed by atoms with Gasteiger partial charge in [-0.2, -0.15) is 0 Å². The van der Waals surface area contributed by atoms with E-state index in [1.165, 1.54) is 18.9 Å². The van der Waals surface area contributed by atoms with Crippen molar-refractivity contribution in [1.82, 2.24) is 10.3 Å². The molecule has 5 nitrogen and oxygen atoms in total. The molecule has 6 heteroatoms. The summed E-state index contributed by atoms with van der Waals surface area (Å²) < 4.78 is 0. The highest BCUT2D eigenvalue weighted by atomic mass is 32.1. The quantitative estimate of drug-likeness (QED) is 0.693. The molecule has 1 aliphatic heterocycles. The van der Waals surface area contributed by atoms with Crippen LogP contribution in [0, 0.1) is 10.1 Å². The van der Waals surface area contributed by atoms with Crippen LogP contribution in [0.1, 0.15) is 30.3 Å². The van der Waals surface area contributed by atoms with E-state index in [1.54, 1.807) is 23.5 Å². The topological polar surface area (TPSA) is 68.1 Å². The molecule has 1 aromatic heterocycles. The van der Waals surface area contributed by atoms with Crippen molar-refractivity contribution in [2.45, 2.75) is 25.3 Å². The normalized spacial score (nSPS) is 18.9. The summed E-state index contributed by atoms with van der Waals surface area (Å²) in [5.41, 5.74) is 1.73. The highest BCUT2D eigenvalue weighted by Gasteiger charge is 2.18. The number of nitrogens with one attached hydrogen (secondary N) is 1. The molecule has 1 saturated heterocycles. The number of thiazole rings is 1. The number of nitro groups is 1. The van der Waals surface area contributed by atoms with E-state index < -0.39 is 0 Å². The molecule has 1 aromatic carbocycles. The Morgan fingerprint density at radius 1 is 1.40 bits per heavy atom. The van der Waals surface area contributed by atoms with Crippen molar-refractivity contribution in [1.29, 1.82) is 0 Å².